The molecule has 4 saturated carbocycles. The van der Waals surface area contributed by atoms with Crippen molar-refractivity contribution in [1.82, 2.24) is 0 Å². The average molecular weight is 417 g/mol. The fraction of sp³-hybridized carbons (Fsp3) is 0.792. The zero-order chi connectivity index (χ0) is 21.1. The summed E-state index contributed by atoms with van der Waals surface area (Å²) in [6.45, 7) is 4.46. The van der Waals surface area contributed by atoms with Crippen LogP contribution in [0.3, 0.4) is 0 Å². The van der Waals surface area contributed by atoms with Gasteiger partial charge in [0.05, 0.1) is 30.2 Å². The molecule has 5 aliphatic rings. The zero-order valence-corrected chi connectivity index (χ0v) is 17.7. The summed E-state index contributed by atoms with van der Waals surface area (Å²) >= 11 is 0. The minimum absolute atomic E-state index is 0.0116. The van der Waals surface area contributed by atoms with Crippen LogP contribution in [0.5, 0.6) is 0 Å². The monoisotopic (exact) mass is 416 g/mol. The molecule has 4 aliphatic carbocycles. The second-order valence-corrected chi connectivity index (χ2v) is 11.3. The van der Waals surface area contributed by atoms with Gasteiger partial charge in [-0.05, 0) is 61.0 Å². The van der Waals surface area contributed by atoms with E-state index in [0.29, 0.717) is 19.3 Å². The lowest BCUT2D eigenvalue weighted by Gasteiger charge is -2.65. The summed E-state index contributed by atoms with van der Waals surface area (Å²) in [5.41, 5.74) is -1.16. The molecule has 2 heterocycles. The van der Waals surface area contributed by atoms with Crippen molar-refractivity contribution in [2.24, 2.45) is 22.7 Å². The van der Waals surface area contributed by atoms with Crippen molar-refractivity contribution >= 4 is 0 Å². The first-order chi connectivity index (χ1) is 14.1. The van der Waals surface area contributed by atoms with E-state index in [9.17, 15) is 20.1 Å². The van der Waals surface area contributed by atoms with E-state index in [-0.39, 0.29) is 45.9 Å². The maximum Gasteiger partial charge on any atom is 0.335 e. The van der Waals surface area contributed by atoms with Crippen LogP contribution in [0.2, 0.25) is 0 Å². The molecule has 6 rings (SSSR count). The third kappa shape index (κ3) is 2.11. The van der Waals surface area contributed by atoms with Gasteiger partial charge in [-0.2, -0.15) is 0 Å². The first-order valence-electron chi connectivity index (χ1n) is 11.5. The van der Waals surface area contributed by atoms with Crippen LogP contribution >= 0.6 is 0 Å². The van der Waals surface area contributed by atoms with E-state index in [1.807, 2.05) is 6.07 Å². The van der Waals surface area contributed by atoms with E-state index in [0.717, 1.165) is 31.2 Å². The normalized spacial score (nSPS) is 56.4. The molecule has 1 aliphatic heterocycles. The van der Waals surface area contributed by atoms with Gasteiger partial charge in [-0.25, -0.2) is 4.79 Å². The fourth-order valence-corrected chi connectivity index (χ4v) is 8.73. The van der Waals surface area contributed by atoms with Crippen LogP contribution in [0.1, 0.15) is 70.3 Å². The molecule has 164 valence electrons. The molecule has 0 radical (unpaired) electrons. The van der Waals surface area contributed by atoms with Crippen LogP contribution in [0.25, 0.3) is 0 Å². The minimum Gasteiger partial charge on any atom is -0.431 e. The number of hydrogen-bond acceptors (Lipinski definition) is 6. The summed E-state index contributed by atoms with van der Waals surface area (Å²) in [6.07, 6.45) is 5.47. The predicted octanol–water partition coefficient (Wildman–Crippen LogP) is 2.34. The molecule has 1 aromatic rings. The average Bonchev–Trinajstić information content (AvgIpc) is 3.33. The van der Waals surface area contributed by atoms with Gasteiger partial charge in [0, 0.05) is 30.2 Å². The van der Waals surface area contributed by atoms with Crippen molar-refractivity contribution < 1.29 is 24.5 Å². The molecule has 10 atom stereocenters. The van der Waals surface area contributed by atoms with E-state index in [4.69, 9.17) is 9.15 Å². The van der Waals surface area contributed by atoms with Gasteiger partial charge < -0.3 is 24.5 Å². The number of aliphatic hydroxyl groups is 3. The molecule has 6 nitrogen and oxygen atoms in total. The molecule has 0 unspecified atom stereocenters. The lowest BCUT2D eigenvalue weighted by Crippen LogP contribution is -2.69. The predicted molar refractivity (Wildman–Crippen MR) is 108 cm³/mol. The van der Waals surface area contributed by atoms with Crippen LogP contribution in [0, 0.1) is 22.7 Å². The highest BCUT2D eigenvalue weighted by Crippen LogP contribution is 2.78. The third-order valence-electron chi connectivity index (χ3n) is 10.3. The first-order valence-corrected chi connectivity index (χ1v) is 11.5. The van der Waals surface area contributed by atoms with E-state index in [2.05, 4.69) is 13.8 Å². The molecule has 6 heteroatoms. The lowest BCUT2D eigenvalue weighted by atomic mass is 9.42. The summed E-state index contributed by atoms with van der Waals surface area (Å²) in [4.78, 5) is 11.5. The van der Waals surface area contributed by atoms with Crippen LogP contribution in [-0.2, 0) is 4.74 Å². The Balaban J connectivity index is 1.40. The molecule has 1 aromatic heterocycles. The Labute approximate surface area is 176 Å². The van der Waals surface area contributed by atoms with Gasteiger partial charge in [0.2, 0.25) is 0 Å². The number of rotatable bonds is 1. The molecular formula is C24H32O6. The second-order valence-electron chi connectivity index (χ2n) is 11.3. The van der Waals surface area contributed by atoms with Gasteiger partial charge in [-0.3, -0.25) is 0 Å². The van der Waals surface area contributed by atoms with Gasteiger partial charge in [0.25, 0.3) is 0 Å². The van der Waals surface area contributed by atoms with E-state index >= 15 is 0 Å². The standard InChI is InChI=1S/C24H32O6/c1-21-7-5-14(25)10-23(21,28)11-17(26)20-15(21)6-8-22(2)16(9-18-24(20,22)30-18)13-3-4-19(27)29-12-13/h3-4,12,14-18,20,25-26,28H,5-11H2,1-2H3/t14-,15-,16+,17-,18+,20-,21+,22+,23+,24-/m0/s1. The summed E-state index contributed by atoms with van der Waals surface area (Å²) < 4.78 is 11.6. The highest BCUT2D eigenvalue weighted by Gasteiger charge is 2.82. The molecular weight excluding hydrogens is 384 g/mol. The fourth-order valence-electron chi connectivity index (χ4n) is 8.73. The van der Waals surface area contributed by atoms with E-state index < -0.39 is 17.8 Å². The highest BCUT2D eigenvalue weighted by atomic mass is 16.6. The number of hydrogen-bond donors (Lipinski definition) is 3. The summed E-state index contributed by atoms with van der Waals surface area (Å²) in [7, 11) is 0. The van der Waals surface area contributed by atoms with Crippen molar-refractivity contribution in [2.45, 2.75) is 94.2 Å². The van der Waals surface area contributed by atoms with Gasteiger partial charge in [0.1, 0.15) is 5.60 Å². The quantitative estimate of drug-likeness (QED) is 0.607. The van der Waals surface area contributed by atoms with Crippen molar-refractivity contribution in [2.75, 3.05) is 0 Å². The number of epoxide rings is 1. The Bertz CT molecular complexity index is 923. The maximum atomic E-state index is 11.6. The maximum absolute atomic E-state index is 11.6. The Kier molecular flexibility index (Phi) is 3.75. The minimum atomic E-state index is -1.03. The largest absolute Gasteiger partial charge is 0.431 e. The topological polar surface area (TPSA) is 103 Å². The molecule has 0 amide bonds. The number of ether oxygens (including phenoxy) is 1. The van der Waals surface area contributed by atoms with Crippen molar-refractivity contribution in [3.8, 4) is 0 Å². The Morgan fingerprint density at radius 2 is 1.83 bits per heavy atom. The molecule has 5 fully saturated rings. The van der Waals surface area contributed by atoms with Crippen molar-refractivity contribution in [3.63, 3.8) is 0 Å². The first kappa shape index (κ1) is 19.5. The van der Waals surface area contributed by atoms with Crippen LogP contribution in [0.4, 0.5) is 0 Å². The molecule has 3 N–H and O–H groups in total. The molecule has 0 bridgehead atoms. The number of fused-ring (bicyclic) bond motifs is 3. The smallest absolute Gasteiger partial charge is 0.335 e. The zero-order valence-electron chi connectivity index (χ0n) is 17.7. The lowest BCUT2D eigenvalue weighted by molar-refractivity contribution is -0.252. The Morgan fingerprint density at radius 3 is 2.57 bits per heavy atom. The van der Waals surface area contributed by atoms with Crippen molar-refractivity contribution in [3.05, 3.63) is 34.4 Å². The summed E-state index contributed by atoms with van der Waals surface area (Å²) in [5, 5.41) is 33.2. The van der Waals surface area contributed by atoms with E-state index in [1.165, 1.54) is 6.07 Å². The number of aliphatic hydroxyl groups excluding tert-OH is 2. The van der Waals surface area contributed by atoms with Gasteiger partial charge >= 0.3 is 5.63 Å². The van der Waals surface area contributed by atoms with Crippen LogP contribution in [0.15, 0.2) is 27.6 Å². The molecule has 1 saturated heterocycles. The van der Waals surface area contributed by atoms with Gasteiger partial charge in [-0.15, -0.1) is 0 Å². The van der Waals surface area contributed by atoms with Gasteiger partial charge in [0.15, 0.2) is 0 Å². The Hall–Kier alpha value is -1.21. The highest BCUT2D eigenvalue weighted by molar-refractivity contribution is 5.36. The van der Waals surface area contributed by atoms with Crippen molar-refractivity contribution in [1.29, 1.82) is 0 Å². The third-order valence-corrected chi connectivity index (χ3v) is 10.3. The summed E-state index contributed by atoms with van der Waals surface area (Å²) in [6, 6.07) is 3.37. The van der Waals surface area contributed by atoms with Gasteiger partial charge in [-0.1, -0.05) is 13.8 Å². The van der Waals surface area contributed by atoms with E-state index in [1.54, 1.807) is 6.26 Å². The van der Waals surface area contributed by atoms with Crippen LogP contribution in [-0.4, -0.2) is 44.8 Å². The second kappa shape index (κ2) is 5.77. The summed E-state index contributed by atoms with van der Waals surface area (Å²) in [5.74, 6) is 0.391. The SMILES string of the molecule is C[C@]12CC[C@H](O)C[C@@]1(O)C[C@H](O)[C@@H]1[C@@H]2CC[C@]2(C)[C@@H](c3ccc(=O)oc3)C[C@H]3O[C@]132. The molecule has 30 heavy (non-hydrogen) atoms. The Morgan fingerprint density at radius 1 is 1.07 bits per heavy atom. The molecule has 0 aromatic carbocycles. The molecule has 1 spiro atoms. The van der Waals surface area contributed by atoms with Crippen LogP contribution < -0.4 is 5.63 Å².